The Kier molecular flexibility index (Phi) is 4.07. The quantitative estimate of drug-likeness (QED) is 0.916. The molecule has 4 nitrogen and oxygen atoms in total. The highest BCUT2D eigenvalue weighted by Gasteiger charge is 2.16. The summed E-state index contributed by atoms with van der Waals surface area (Å²) in [7, 11) is 0. The Morgan fingerprint density at radius 2 is 1.62 bits per heavy atom. The number of ether oxygens (including phenoxy) is 2. The number of nitrogens with two attached hydrogens (primary N) is 1. The number of anilines is 1. The van der Waals surface area contributed by atoms with E-state index in [4.69, 9.17) is 15.2 Å². The van der Waals surface area contributed by atoms with Gasteiger partial charge in [-0.15, -0.1) is 0 Å². The van der Waals surface area contributed by atoms with Crippen molar-refractivity contribution in [2.75, 3.05) is 5.73 Å². The second-order valence-electron chi connectivity index (χ2n) is 6.18. The molecule has 0 aliphatic rings. The molecular weight excluding hydrogens is 264 g/mol. The molecule has 2 aromatic rings. The Labute approximate surface area is 125 Å². The van der Waals surface area contributed by atoms with E-state index in [1.165, 1.54) is 0 Å². The number of rotatable bonds is 3. The van der Waals surface area contributed by atoms with Gasteiger partial charge >= 0.3 is 0 Å². The van der Waals surface area contributed by atoms with Crippen LogP contribution in [0.15, 0.2) is 30.3 Å². The van der Waals surface area contributed by atoms with Crippen LogP contribution >= 0.6 is 0 Å². The number of aryl methyl sites for hydroxylation is 2. The van der Waals surface area contributed by atoms with E-state index in [-0.39, 0.29) is 5.60 Å². The summed E-state index contributed by atoms with van der Waals surface area (Å²) < 4.78 is 11.5. The molecule has 0 amide bonds. The molecule has 1 aromatic heterocycles. The monoisotopic (exact) mass is 286 g/mol. The molecule has 0 radical (unpaired) electrons. The largest absolute Gasteiger partial charge is 0.470 e. The smallest absolute Gasteiger partial charge is 0.241 e. The van der Waals surface area contributed by atoms with Crippen molar-refractivity contribution in [3.05, 3.63) is 41.5 Å². The molecule has 112 valence electrons. The van der Waals surface area contributed by atoms with Crippen molar-refractivity contribution in [2.24, 2.45) is 0 Å². The van der Waals surface area contributed by atoms with Crippen LogP contribution in [0.5, 0.6) is 17.5 Å². The van der Waals surface area contributed by atoms with Crippen LogP contribution in [0.25, 0.3) is 0 Å². The maximum Gasteiger partial charge on any atom is 0.241 e. The van der Waals surface area contributed by atoms with Crippen molar-refractivity contribution in [1.82, 2.24) is 4.98 Å². The minimum Gasteiger partial charge on any atom is -0.470 e. The number of benzene rings is 1. The van der Waals surface area contributed by atoms with Gasteiger partial charge in [0.1, 0.15) is 11.4 Å². The van der Waals surface area contributed by atoms with E-state index in [0.717, 1.165) is 16.9 Å². The molecule has 0 fully saturated rings. The standard InChI is InChI=1S/C17H22N2O2/c1-11-8-12(2)10-13(9-11)20-15-7-6-14(18)16(19-15)21-17(3,4)5/h6-10H,18H2,1-5H3. The fraction of sp³-hybridized carbons (Fsp3) is 0.353. The Bertz CT molecular complexity index is 625. The highest BCUT2D eigenvalue weighted by molar-refractivity contribution is 5.50. The third-order valence-electron chi connectivity index (χ3n) is 2.68. The average molecular weight is 286 g/mol. The molecule has 1 aromatic carbocycles. The third kappa shape index (κ3) is 4.38. The molecule has 0 saturated heterocycles. The summed E-state index contributed by atoms with van der Waals surface area (Å²) in [5.74, 6) is 1.62. The van der Waals surface area contributed by atoms with Crippen molar-refractivity contribution in [3.63, 3.8) is 0 Å². The number of hydrogen-bond acceptors (Lipinski definition) is 4. The first-order valence-corrected chi connectivity index (χ1v) is 6.95. The third-order valence-corrected chi connectivity index (χ3v) is 2.68. The van der Waals surface area contributed by atoms with Gasteiger partial charge in [-0.3, -0.25) is 0 Å². The maximum atomic E-state index is 5.90. The molecule has 0 saturated carbocycles. The Morgan fingerprint density at radius 1 is 1.00 bits per heavy atom. The van der Waals surface area contributed by atoms with Crippen LogP contribution in [0.3, 0.4) is 0 Å². The van der Waals surface area contributed by atoms with E-state index in [0.29, 0.717) is 17.4 Å². The summed E-state index contributed by atoms with van der Waals surface area (Å²) in [4.78, 5) is 4.34. The lowest BCUT2D eigenvalue weighted by molar-refractivity contribution is 0.124. The molecule has 0 atom stereocenters. The van der Waals surface area contributed by atoms with Gasteiger partial charge in [0.25, 0.3) is 0 Å². The molecule has 1 heterocycles. The summed E-state index contributed by atoms with van der Waals surface area (Å²) in [6.45, 7) is 9.91. The molecule has 0 spiro atoms. The minimum atomic E-state index is -0.361. The van der Waals surface area contributed by atoms with Gasteiger partial charge in [0.2, 0.25) is 11.8 Å². The zero-order valence-electron chi connectivity index (χ0n) is 13.2. The fourth-order valence-corrected chi connectivity index (χ4v) is 1.98. The Morgan fingerprint density at radius 3 is 2.19 bits per heavy atom. The van der Waals surface area contributed by atoms with Crippen LogP contribution in [-0.4, -0.2) is 10.6 Å². The van der Waals surface area contributed by atoms with Crippen LogP contribution in [0.1, 0.15) is 31.9 Å². The van der Waals surface area contributed by atoms with Gasteiger partial charge in [-0.05, 0) is 63.9 Å². The molecular formula is C17H22N2O2. The topological polar surface area (TPSA) is 57.4 Å². The molecule has 0 unspecified atom stereocenters. The molecule has 21 heavy (non-hydrogen) atoms. The van der Waals surface area contributed by atoms with E-state index in [1.807, 2.05) is 46.8 Å². The second-order valence-corrected chi connectivity index (χ2v) is 6.18. The summed E-state index contributed by atoms with van der Waals surface area (Å²) >= 11 is 0. The van der Waals surface area contributed by atoms with Crippen molar-refractivity contribution < 1.29 is 9.47 Å². The van der Waals surface area contributed by atoms with E-state index in [2.05, 4.69) is 11.1 Å². The van der Waals surface area contributed by atoms with Gasteiger partial charge in [0.05, 0.1) is 5.69 Å². The number of hydrogen-bond donors (Lipinski definition) is 1. The van der Waals surface area contributed by atoms with Crippen LogP contribution in [0.4, 0.5) is 5.69 Å². The van der Waals surface area contributed by atoms with E-state index >= 15 is 0 Å². The molecule has 2 rings (SSSR count). The van der Waals surface area contributed by atoms with Gasteiger partial charge < -0.3 is 15.2 Å². The highest BCUT2D eigenvalue weighted by Crippen LogP contribution is 2.29. The molecule has 0 aliphatic carbocycles. The first-order valence-electron chi connectivity index (χ1n) is 6.95. The maximum absolute atomic E-state index is 5.90. The Balaban J connectivity index is 2.26. The lowest BCUT2D eigenvalue weighted by Gasteiger charge is -2.21. The van der Waals surface area contributed by atoms with Gasteiger partial charge in [0, 0.05) is 6.07 Å². The van der Waals surface area contributed by atoms with Crippen LogP contribution in [-0.2, 0) is 0 Å². The van der Waals surface area contributed by atoms with Gasteiger partial charge in [0.15, 0.2) is 0 Å². The highest BCUT2D eigenvalue weighted by atomic mass is 16.5. The van der Waals surface area contributed by atoms with Crippen LogP contribution < -0.4 is 15.2 Å². The molecule has 0 bridgehead atoms. The fourth-order valence-electron chi connectivity index (χ4n) is 1.98. The van der Waals surface area contributed by atoms with Gasteiger partial charge in [-0.1, -0.05) is 6.07 Å². The zero-order valence-corrected chi connectivity index (χ0v) is 13.2. The average Bonchev–Trinajstić information content (AvgIpc) is 2.30. The van der Waals surface area contributed by atoms with Crippen LogP contribution in [0, 0.1) is 13.8 Å². The number of pyridine rings is 1. The predicted octanol–water partition coefficient (Wildman–Crippen LogP) is 4.25. The second kappa shape index (κ2) is 5.64. The predicted molar refractivity (Wildman–Crippen MR) is 85.0 cm³/mol. The lowest BCUT2D eigenvalue weighted by Crippen LogP contribution is -2.24. The van der Waals surface area contributed by atoms with Crippen molar-refractivity contribution >= 4 is 5.69 Å². The molecule has 0 aliphatic heterocycles. The minimum absolute atomic E-state index is 0.361. The molecule has 2 N–H and O–H groups in total. The van der Waals surface area contributed by atoms with Crippen molar-refractivity contribution in [3.8, 4) is 17.5 Å². The normalized spacial score (nSPS) is 11.3. The summed E-state index contributed by atoms with van der Waals surface area (Å²) in [6.07, 6.45) is 0. The zero-order chi connectivity index (χ0) is 15.6. The van der Waals surface area contributed by atoms with E-state index in [1.54, 1.807) is 12.1 Å². The number of nitrogens with zero attached hydrogens (tertiary/aromatic N) is 1. The van der Waals surface area contributed by atoms with Crippen molar-refractivity contribution in [1.29, 1.82) is 0 Å². The molecule has 4 heteroatoms. The van der Waals surface area contributed by atoms with Gasteiger partial charge in [-0.2, -0.15) is 4.98 Å². The first-order chi connectivity index (χ1) is 9.73. The van der Waals surface area contributed by atoms with E-state index in [9.17, 15) is 0 Å². The summed E-state index contributed by atoms with van der Waals surface area (Å²) in [6, 6.07) is 9.51. The van der Waals surface area contributed by atoms with Crippen molar-refractivity contribution in [2.45, 2.75) is 40.2 Å². The lowest BCUT2D eigenvalue weighted by atomic mass is 10.1. The first kappa shape index (κ1) is 15.2. The number of aromatic nitrogens is 1. The summed E-state index contributed by atoms with van der Waals surface area (Å²) in [5.41, 5.74) is 8.32. The van der Waals surface area contributed by atoms with E-state index < -0.39 is 0 Å². The number of nitrogen functional groups attached to an aromatic ring is 1. The SMILES string of the molecule is Cc1cc(C)cc(Oc2ccc(N)c(OC(C)(C)C)n2)c1. The van der Waals surface area contributed by atoms with Crippen LogP contribution in [0.2, 0.25) is 0 Å². The van der Waals surface area contributed by atoms with Gasteiger partial charge in [-0.25, -0.2) is 0 Å². The summed E-state index contributed by atoms with van der Waals surface area (Å²) in [5, 5.41) is 0. The Hall–Kier alpha value is -2.23.